The largest absolute Gasteiger partial charge is 0.474 e. The van der Waals surface area contributed by atoms with Crippen LogP contribution in [-0.2, 0) is 27.8 Å². The van der Waals surface area contributed by atoms with Crippen molar-refractivity contribution in [2.75, 3.05) is 13.2 Å². The van der Waals surface area contributed by atoms with Crippen LogP contribution >= 0.6 is 7.82 Å². The minimum atomic E-state index is -4.68. The highest BCUT2D eigenvalue weighted by atomic mass is 31.2. The summed E-state index contributed by atoms with van der Waals surface area (Å²) in [7, 11) is -4.68. The fourth-order valence-electron chi connectivity index (χ4n) is 4.03. The Kier molecular flexibility index (Phi) is 13.4. The van der Waals surface area contributed by atoms with Crippen molar-refractivity contribution in [2.45, 2.75) is 113 Å². The Hall–Kier alpha value is -0.510. The van der Waals surface area contributed by atoms with Crippen LogP contribution in [0.25, 0.3) is 0 Å². The summed E-state index contributed by atoms with van der Waals surface area (Å²) in [6.45, 7) is 4.27. The molecule has 11 atom stereocenters. The van der Waals surface area contributed by atoms with E-state index in [9.17, 15) is 40.1 Å². The van der Waals surface area contributed by atoms with Gasteiger partial charge in [0.05, 0.1) is 19.3 Å². The Morgan fingerprint density at radius 3 is 2.11 bits per heavy atom. The monoisotopic (exact) mass is 544 g/mol. The number of unbranched alkanes of at least 4 members (excludes halogenated alkanes) is 6. The average molecular weight is 545 g/mol. The van der Waals surface area contributed by atoms with Gasteiger partial charge in [0.1, 0.15) is 42.7 Å². The van der Waals surface area contributed by atoms with E-state index in [2.05, 4.69) is 6.58 Å². The zero-order chi connectivity index (χ0) is 26.9. The molecule has 0 aromatic rings. The third-order valence-corrected chi connectivity index (χ3v) is 7.20. The van der Waals surface area contributed by atoms with E-state index in [1.54, 1.807) is 0 Å². The van der Waals surface area contributed by atoms with Crippen LogP contribution in [0.4, 0.5) is 0 Å². The predicted molar refractivity (Wildman–Crippen MR) is 124 cm³/mol. The van der Waals surface area contributed by atoms with Crippen LogP contribution in [-0.4, -0.2) is 110 Å². The lowest BCUT2D eigenvalue weighted by atomic mass is 9.97. The van der Waals surface area contributed by atoms with Crippen LogP contribution in [0, 0.1) is 0 Å². The summed E-state index contributed by atoms with van der Waals surface area (Å²) in [5.74, 6) is 0. The second-order valence-electron chi connectivity index (χ2n) is 9.09. The Bertz CT molecular complexity index is 695. The van der Waals surface area contributed by atoms with E-state index in [0.29, 0.717) is 6.42 Å². The third-order valence-electron chi connectivity index (χ3n) is 6.21. The van der Waals surface area contributed by atoms with Gasteiger partial charge in [-0.3, -0.25) is 9.05 Å². The molecule has 0 radical (unpaired) electrons. The Labute approximate surface area is 210 Å². The standard InChI is InChI=1S/C22H41O13P/c1-3-4-5-6-7-8-9-10-11-31-36(29,30)35-22-19(28)17(26)20(14(12-23)33-22)34-21-18(27)16(25)15(24)13(2)32-21/h3,13-28H,1,4-12H2,2H3,(H,29,30)/t13-,14-,15+,16+,17-,18-,19+,20-,21+,22-/m1/s1. The first-order valence-corrected chi connectivity index (χ1v) is 13.8. The molecule has 2 rings (SSSR count). The lowest BCUT2D eigenvalue weighted by Crippen LogP contribution is -2.64. The zero-order valence-electron chi connectivity index (χ0n) is 20.4. The van der Waals surface area contributed by atoms with E-state index < -0.39 is 75.8 Å². The van der Waals surface area contributed by atoms with Gasteiger partial charge in [0, 0.05) is 0 Å². The van der Waals surface area contributed by atoms with Crippen molar-refractivity contribution in [3.8, 4) is 0 Å². The summed E-state index contributed by atoms with van der Waals surface area (Å²) in [6.07, 6.45) is -7.24. The molecule has 13 nitrogen and oxygen atoms in total. The first-order chi connectivity index (χ1) is 17.0. The van der Waals surface area contributed by atoms with Crippen molar-refractivity contribution in [3.63, 3.8) is 0 Å². The summed E-state index contributed by atoms with van der Waals surface area (Å²) >= 11 is 0. The molecule has 0 spiro atoms. The van der Waals surface area contributed by atoms with Gasteiger partial charge in [0.2, 0.25) is 0 Å². The van der Waals surface area contributed by atoms with E-state index in [1.165, 1.54) is 6.92 Å². The lowest BCUT2D eigenvalue weighted by molar-refractivity contribution is -0.350. The maximum atomic E-state index is 12.3. The van der Waals surface area contributed by atoms with Crippen LogP contribution in [0.15, 0.2) is 12.7 Å². The van der Waals surface area contributed by atoms with Crippen LogP contribution < -0.4 is 0 Å². The number of phosphoric acid groups is 1. The third kappa shape index (κ3) is 9.05. The summed E-state index contributed by atoms with van der Waals surface area (Å²) in [5, 5.41) is 60.5. The van der Waals surface area contributed by atoms with Crippen molar-refractivity contribution >= 4 is 7.82 Å². The van der Waals surface area contributed by atoms with E-state index in [1.807, 2.05) is 6.08 Å². The molecule has 2 fully saturated rings. The Morgan fingerprint density at radius 1 is 0.861 bits per heavy atom. The van der Waals surface area contributed by atoms with Crippen LogP contribution in [0.5, 0.6) is 0 Å². The number of hydrogen-bond donors (Lipinski definition) is 7. The Morgan fingerprint density at radius 2 is 1.47 bits per heavy atom. The highest BCUT2D eigenvalue weighted by Crippen LogP contribution is 2.47. The molecule has 36 heavy (non-hydrogen) atoms. The maximum absolute atomic E-state index is 12.3. The number of allylic oxidation sites excluding steroid dienone is 1. The molecule has 0 aromatic carbocycles. The van der Waals surface area contributed by atoms with Crippen molar-refractivity contribution in [2.24, 2.45) is 0 Å². The predicted octanol–water partition coefficient (Wildman–Crippen LogP) is -0.312. The van der Waals surface area contributed by atoms with Crippen molar-refractivity contribution in [1.82, 2.24) is 0 Å². The van der Waals surface area contributed by atoms with Gasteiger partial charge in [-0.1, -0.05) is 31.8 Å². The molecule has 0 amide bonds. The van der Waals surface area contributed by atoms with Crippen molar-refractivity contribution in [1.29, 1.82) is 0 Å². The SMILES string of the molecule is C=CCCCCCCCCOP(=O)(O)O[C@H]1O[C@H](CO)[C@@H](O[C@@H]2O[C@H](C)[C@H](O)[C@H](O)[C@H]2O)[C@H](O)[C@@H]1O. The molecule has 14 heteroatoms. The van der Waals surface area contributed by atoms with E-state index in [4.69, 9.17) is 23.3 Å². The minimum absolute atomic E-state index is 0.0652. The average Bonchev–Trinajstić information content (AvgIpc) is 2.84. The van der Waals surface area contributed by atoms with Gasteiger partial charge in [-0.2, -0.15) is 0 Å². The highest BCUT2D eigenvalue weighted by molar-refractivity contribution is 7.47. The quantitative estimate of drug-likeness (QED) is 0.0804. The molecule has 0 aromatic heterocycles. The van der Waals surface area contributed by atoms with Crippen LogP contribution in [0.2, 0.25) is 0 Å². The molecule has 2 saturated heterocycles. The Balaban J connectivity index is 1.85. The maximum Gasteiger partial charge on any atom is 0.474 e. The molecule has 7 N–H and O–H groups in total. The number of aliphatic hydroxyl groups excluding tert-OH is 6. The molecule has 2 aliphatic rings. The number of phosphoric ester groups is 1. The first-order valence-electron chi connectivity index (χ1n) is 12.3. The van der Waals surface area contributed by atoms with E-state index >= 15 is 0 Å². The number of aliphatic hydroxyl groups is 6. The van der Waals surface area contributed by atoms with Crippen LogP contribution in [0.1, 0.15) is 51.9 Å². The number of hydrogen-bond acceptors (Lipinski definition) is 12. The van der Waals surface area contributed by atoms with Crippen molar-refractivity contribution < 1.29 is 63.4 Å². The second-order valence-corrected chi connectivity index (χ2v) is 10.5. The smallest absolute Gasteiger partial charge is 0.394 e. The second kappa shape index (κ2) is 15.2. The lowest BCUT2D eigenvalue weighted by Gasteiger charge is -2.45. The number of rotatable bonds is 15. The van der Waals surface area contributed by atoms with Crippen LogP contribution in [0.3, 0.4) is 0 Å². The summed E-state index contributed by atoms with van der Waals surface area (Å²) in [5.41, 5.74) is 0. The molecule has 2 aliphatic heterocycles. The minimum Gasteiger partial charge on any atom is -0.394 e. The molecule has 0 saturated carbocycles. The van der Waals surface area contributed by atoms with Gasteiger partial charge >= 0.3 is 7.82 Å². The molecule has 1 unspecified atom stereocenters. The summed E-state index contributed by atoms with van der Waals surface area (Å²) in [4.78, 5) is 10.0. The first kappa shape index (κ1) is 31.7. The van der Waals surface area contributed by atoms with Gasteiger partial charge in [0.25, 0.3) is 0 Å². The fourth-order valence-corrected chi connectivity index (χ4v) is 4.89. The van der Waals surface area contributed by atoms with E-state index in [-0.39, 0.29) is 6.61 Å². The number of ether oxygens (including phenoxy) is 3. The molecule has 2 heterocycles. The zero-order valence-corrected chi connectivity index (χ0v) is 21.3. The highest BCUT2D eigenvalue weighted by Gasteiger charge is 2.51. The van der Waals surface area contributed by atoms with Gasteiger partial charge in [-0.15, -0.1) is 6.58 Å². The summed E-state index contributed by atoms with van der Waals surface area (Å²) < 4.78 is 38.3. The summed E-state index contributed by atoms with van der Waals surface area (Å²) in [6, 6.07) is 0. The normalized spacial score (nSPS) is 39.0. The molecular formula is C22H41O13P. The fraction of sp³-hybridized carbons (Fsp3) is 0.909. The van der Waals surface area contributed by atoms with Gasteiger partial charge in [0.15, 0.2) is 12.6 Å². The topological polar surface area (TPSA) is 205 Å². The molecule has 212 valence electrons. The van der Waals surface area contributed by atoms with Gasteiger partial charge in [-0.25, -0.2) is 4.57 Å². The van der Waals surface area contributed by atoms with Gasteiger partial charge in [-0.05, 0) is 26.2 Å². The molecular weight excluding hydrogens is 503 g/mol. The molecule has 0 bridgehead atoms. The van der Waals surface area contributed by atoms with Crippen molar-refractivity contribution in [3.05, 3.63) is 12.7 Å². The molecule has 0 aliphatic carbocycles. The van der Waals surface area contributed by atoms with E-state index in [0.717, 1.165) is 38.5 Å². The van der Waals surface area contributed by atoms with Gasteiger partial charge < -0.3 is 49.7 Å².